The summed E-state index contributed by atoms with van der Waals surface area (Å²) in [5.41, 5.74) is 1.68. The first-order valence-electron chi connectivity index (χ1n) is 9.07. The Balaban J connectivity index is 1.71. The molecule has 2 aromatic rings. The number of furan rings is 1. The van der Waals surface area contributed by atoms with Gasteiger partial charge in [-0.05, 0) is 35.2 Å². The van der Waals surface area contributed by atoms with Crippen molar-refractivity contribution in [1.82, 2.24) is 4.90 Å². The molecular formula is C21H26N2O4. The van der Waals surface area contributed by atoms with E-state index in [-0.39, 0.29) is 23.7 Å². The number of methoxy groups -OCH3 is 1. The maximum absolute atomic E-state index is 12.8. The third-order valence-corrected chi connectivity index (χ3v) is 4.84. The smallest absolute Gasteiger partial charge is 0.229 e. The van der Waals surface area contributed by atoms with Crippen molar-refractivity contribution < 1.29 is 18.7 Å². The Kier molecular flexibility index (Phi) is 5.26. The van der Waals surface area contributed by atoms with Crippen LogP contribution in [0.2, 0.25) is 0 Å². The fourth-order valence-corrected chi connectivity index (χ4v) is 3.20. The highest BCUT2D eigenvalue weighted by molar-refractivity contribution is 5.98. The summed E-state index contributed by atoms with van der Waals surface area (Å²) in [4.78, 5) is 26.7. The number of hydrogen-bond acceptors (Lipinski definition) is 4. The molecule has 2 amide bonds. The van der Waals surface area contributed by atoms with Crippen LogP contribution in [-0.4, -0.2) is 30.4 Å². The maximum Gasteiger partial charge on any atom is 0.229 e. The molecule has 3 rings (SSSR count). The second-order valence-electron chi connectivity index (χ2n) is 7.91. The van der Waals surface area contributed by atoms with Crippen molar-refractivity contribution in [3.05, 3.63) is 47.9 Å². The van der Waals surface area contributed by atoms with Gasteiger partial charge in [-0.3, -0.25) is 9.59 Å². The maximum atomic E-state index is 12.8. The summed E-state index contributed by atoms with van der Waals surface area (Å²) in [6.07, 6.45) is 1.78. The van der Waals surface area contributed by atoms with E-state index in [1.807, 2.05) is 24.3 Å². The predicted molar refractivity (Wildman–Crippen MR) is 103 cm³/mol. The molecule has 1 aromatic heterocycles. The van der Waals surface area contributed by atoms with E-state index in [1.54, 1.807) is 24.3 Å². The van der Waals surface area contributed by atoms with Crippen LogP contribution in [0.5, 0.6) is 5.75 Å². The summed E-state index contributed by atoms with van der Waals surface area (Å²) in [6, 6.07) is 9.41. The van der Waals surface area contributed by atoms with Gasteiger partial charge in [0.25, 0.3) is 0 Å². The number of rotatable bonds is 5. The van der Waals surface area contributed by atoms with E-state index >= 15 is 0 Å². The highest BCUT2D eigenvalue weighted by atomic mass is 16.5. The van der Waals surface area contributed by atoms with E-state index in [2.05, 4.69) is 26.1 Å². The van der Waals surface area contributed by atoms with E-state index in [4.69, 9.17) is 9.15 Å². The number of anilines is 1. The minimum absolute atomic E-state index is 0.0399. The average molecular weight is 370 g/mol. The molecule has 0 unspecified atom stereocenters. The topological polar surface area (TPSA) is 71.8 Å². The Morgan fingerprint density at radius 2 is 2.11 bits per heavy atom. The number of carbonyl (C=O) groups is 2. The number of amides is 2. The average Bonchev–Trinajstić information content (AvgIpc) is 3.24. The van der Waals surface area contributed by atoms with E-state index < -0.39 is 5.92 Å². The molecule has 6 nitrogen and oxygen atoms in total. The van der Waals surface area contributed by atoms with Gasteiger partial charge in [-0.2, -0.15) is 0 Å². The molecule has 1 aromatic carbocycles. The third-order valence-electron chi connectivity index (χ3n) is 4.84. The van der Waals surface area contributed by atoms with Crippen LogP contribution in [-0.2, 0) is 21.5 Å². The van der Waals surface area contributed by atoms with Gasteiger partial charge in [0.2, 0.25) is 11.8 Å². The quantitative estimate of drug-likeness (QED) is 0.873. The Morgan fingerprint density at radius 1 is 1.33 bits per heavy atom. The molecule has 144 valence electrons. The van der Waals surface area contributed by atoms with Crippen LogP contribution in [0.25, 0.3) is 0 Å². The van der Waals surface area contributed by atoms with Crippen LogP contribution in [0.4, 0.5) is 5.69 Å². The summed E-state index contributed by atoms with van der Waals surface area (Å²) >= 11 is 0. The summed E-state index contributed by atoms with van der Waals surface area (Å²) in [7, 11) is 1.58. The van der Waals surface area contributed by atoms with Gasteiger partial charge in [-0.25, -0.2) is 0 Å². The monoisotopic (exact) mass is 370 g/mol. The standard InChI is InChI=1S/C21H26N2O4/c1-21(2,3)15-7-8-18(26-4)17(11-15)22-20(25)14-10-19(24)23(12-14)13-16-6-5-9-27-16/h5-9,11,14H,10,12-13H2,1-4H3,(H,22,25)/t14-/m1/s1. The van der Waals surface area contributed by atoms with Crippen molar-refractivity contribution in [2.45, 2.75) is 39.2 Å². The minimum Gasteiger partial charge on any atom is -0.495 e. The highest BCUT2D eigenvalue weighted by Crippen LogP contribution is 2.32. The Labute approximate surface area is 159 Å². The molecule has 1 aliphatic rings. The highest BCUT2D eigenvalue weighted by Gasteiger charge is 2.35. The number of likely N-dealkylation sites (tertiary alicyclic amines) is 1. The van der Waals surface area contributed by atoms with E-state index in [1.165, 1.54) is 0 Å². The second kappa shape index (κ2) is 7.47. The van der Waals surface area contributed by atoms with Gasteiger partial charge < -0.3 is 19.4 Å². The molecule has 1 fully saturated rings. The zero-order valence-corrected chi connectivity index (χ0v) is 16.2. The Morgan fingerprint density at radius 3 is 2.74 bits per heavy atom. The largest absolute Gasteiger partial charge is 0.495 e. The molecule has 6 heteroatoms. The summed E-state index contributed by atoms with van der Waals surface area (Å²) in [5, 5.41) is 2.95. The van der Waals surface area contributed by atoms with Crippen LogP contribution >= 0.6 is 0 Å². The van der Waals surface area contributed by atoms with E-state index in [0.29, 0.717) is 30.3 Å². The number of benzene rings is 1. The first-order valence-corrected chi connectivity index (χ1v) is 9.07. The minimum atomic E-state index is -0.393. The Bertz CT molecular complexity index is 821. The normalized spacial score (nSPS) is 17.3. The van der Waals surface area contributed by atoms with Gasteiger partial charge in [-0.1, -0.05) is 26.8 Å². The summed E-state index contributed by atoms with van der Waals surface area (Å²) in [6.45, 7) is 7.11. The lowest BCUT2D eigenvalue weighted by Gasteiger charge is -2.22. The predicted octanol–water partition coefficient (Wildman–Crippen LogP) is 3.57. The molecule has 0 aliphatic carbocycles. The van der Waals surface area contributed by atoms with Gasteiger partial charge in [-0.15, -0.1) is 0 Å². The zero-order chi connectivity index (χ0) is 19.6. The lowest BCUT2D eigenvalue weighted by atomic mass is 9.86. The summed E-state index contributed by atoms with van der Waals surface area (Å²) < 4.78 is 10.7. The number of hydrogen-bond donors (Lipinski definition) is 1. The van der Waals surface area contributed by atoms with Gasteiger partial charge in [0, 0.05) is 13.0 Å². The fraction of sp³-hybridized carbons (Fsp3) is 0.429. The molecule has 0 bridgehead atoms. The first kappa shape index (κ1) is 19.0. The lowest BCUT2D eigenvalue weighted by Crippen LogP contribution is -2.28. The summed E-state index contributed by atoms with van der Waals surface area (Å²) in [5.74, 6) is 0.712. The van der Waals surface area contributed by atoms with Crippen molar-refractivity contribution in [1.29, 1.82) is 0 Å². The van der Waals surface area contributed by atoms with Crippen LogP contribution < -0.4 is 10.1 Å². The van der Waals surface area contributed by atoms with Crippen LogP contribution in [0.15, 0.2) is 41.0 Å². The van der Waals surface area contributed by atoms with Crippen LogP contribution in [0.1, 0.15) is 38.5 Å². The SMILES string of the molecule is COc1ccc(C(C)(C)C)cc1NC(=O)[C@@H]1CC(=O)N(Cc2ccco2)C1. The van der Waals surface area contributed by atoms with Crippen LogP contribution in [0, 0.1) is 5.92 Å². The molecule has 0 spiro atoms. The number of nitrogens with one attached hydrogen (secondary N) is 1. The number of nitrogens with zero attached hydrogens (tertiary/aromatic N) is 1. The van der Waals surface area contributed by atoms with Crippen LogP contribution in [0.3, 0.4) is 0 Å². The molecular weight excluding hydrogens is 344 g/mol. The molecule has 1 atom stereocenters. The van der Waals surface area contributed by atoms with Crippen molar-refractivity contribution in [3.63, 3.8) is 0 Å². The third kappa shape index (κ3) is 4.32. The molecule has 1 aliphatic heterocycles. The molecule has 1 saturated heterocycles. The number of ether oxygens (including phenoxy) is 1. The second-order valence-corrected chi connectivity index (χ2v) is 7.91. The van der Waals surface area contributed by atoms with E-state index in [0.717, 1.165) is 5.56 Å². The Hall–Kier alpha value is -2.76. The molecule has 0 saturated carbocycles. The van der Waals surface area contributed by atoms with Gasteiger partial charge in [0.1, 0.15) is 11.5 Å². The van der Waals surface area contributed by atoms with Gasteiger partial charge >= 0.3 is 0 Å². The fourth-order valence-electron chi connectivity index (χ4n) is 3.20. The number of carbonyl (C=O) groups excluding carboxylic acids is 2. The molecule has 27 heavy (non-hydrogen) atoms. The molecule has 0 radical (unpaired) electrons. The van der Waals surface area contributed by atoms with E-state index in [9.17, 15) is 9.59 Å². The zero-order valence-electron chi connectivity index (χ0n) is 16.2. The van der Waals surface area contributed by atoms with Crippen molar-refractivity contribution in [2.75, 3.05) is 19.0 Å². The first-order chi connectivity index (χ1) is 12.8. The molecule has 2 heterocycles. The van der Waals surface area contributed by atoms with Gasteiger partial charge in [0.05, 0.1) is 31.5 Å². The lowest BCUT2D eigenvalue weighted by molar-refractivity contribution is -0.128. The van der Waals surface area contributed by atoms with Crippen molar-refractivity contribution in [2.24, 2.45) is 5.92 Å². The van der Waals surface area contributed by atoms with Gasteiger partial charge in [0.15, 0.2) is 0 Å². The van der Waals surface area contributed by atoms with Crippen molar-refractivity contribution in [3.8, 4) is 5.75 Å². The van der Waals surface area contributed by atoms with Crippen molar-refractivity contribution >= 4 is 17.5 Å². The molecule has 1 N–H and O–H groups in total.